The van der Waals surface area contributed by atoms with Crippen LogP contribution < -0.4 is 0 Å². The SMILES string of the molecule is CC(C)[Si](OC[C@@]1(C)CO1)(C(C)C)C(C)C.CCCCCCCCCCCCCCCCCCOC[C@@](C)(O)CO[Si](C(C)C)(C(C)C)C(C)C. The van der Waals surface area contributed by atoms with Crippen LogP contribution in [-0.4, -0.2) is 66.0 Å². The summed E-state index contributed by atoms with van der Waals surface area (Å²) in [6.07, 6.45) is 22.1. The molecule has 0 spiro atoms. The van der Waals surface area contributed by atoms with Gasteiger partial charge in [-0.1, -0.05) is 186 Å². The fraction of sp³-hybridized carbons (Fsp3) is 1.00. The molecule has 1 saturated heterocycles. The summed E-state index contributed by atoms with van der Waals surface area (Å²) in [6.45, 7) is 37.1. The van der Waals surface area contributed by atoms with Gasteiger partial charge >= 0.3 is 0 Å². The molecule has 1 fully saturated rings. The van der Waals surface area contributed by atoms with E-state index in [9.17, 15) is 5.11 Å². The zero-order chi connectivity index (χ0) is 39.1. The Balaban J connectivity index is 0.00000129. The van der Waals surface area contributed by atoms with Crippen LogP contribution in [0.3, 0.4) is 0 Å². The first kappa shape index (κ1) is 51.2. The van der Waals surface area contributed by atoms with Crippen LogP contribution in [0.5, 0.6) is 0 Å². The molecule has 0 aromatic carbocycles. The molecule has 0 aromatic rings. The zero-order valence-corrected chi connectivity index (χ0v) is 39.4. The van der Waals surface area contributed by atoms with Gasteiger partial charge in [0, 0.05) is 6.61 Å². The molecule has 7 heteroatoms. The van der Waals surface area contributed by atoms with Gasteiger partial charge in [-0.25, -0.2) is 0 Å². The highest BCUT2D eigenvalue weighted by molar-refractivity contribution is 6.78. The van der Waals surface area contributed by atoms with E-state index in [-0.39, 0.29) is 5.60 Å². The Morgan fingerprint density at radius 1 is 0.549 bits per heavy atom. The molecule has 51 heavy (non-hydrogen) atoms. The Kier molecular flexibility index (Phi) is 27.1. The molecule has 0 aliphatic carbocycles. The van der Waals surface area contributed by atoms with Crippen molar-refractivity contribution in [2.45, 2.75) is 251 Å². The maximum atomic E-state index is 10.8. The number of hydrogen-bond acceptors (Lipinski definition) is 5. The number of epoxide rings is 1. The summed E-state index contributed by atoms with van der Waals surface area (Å²) >= 11 is 0. The molecule has 0 unspecified atom stereocenters. The van der Waals surface area contributed by atoms with E-state index in [1.807, 2.05) is 6.92 Å². The third-order valence-electron chi connectivity index (χ3n) is 11.9. The van der Waals surface area contributed by atoms with Gasteiger partial charge in [0.05, 0.1) is 26.4 Å². The lowest BCUT2D eigenvalue weighted by atomic mass is 10.0. The van der Waals surface area contributed by atoms with Crippen LogP contribution in [0.1, 0.15) is 207 Å². The van der Waals surface area contributed by atoms with Crippen molar-refractivity contribution in [3.63, 3.8) is 0 Å². The summed E-state index contributed by atoms with van der Waals surface area (Å²) < 4.78 is 24.3. The normalized spacial score (nSPS) is 18.0. The summed E-state index contributed by atoms with van der Waals surface area (Å²) in [4.78, 5) is 0. The molecule has 1 N–H and O–H groups in total. The van der Waals surface area contributed by atoms with E-state index in [1.54, 1.807) is 0 Å². The quantitative estimate of drug-likeness (QED) is 0.0433. The first-order valence-corrected chi connectivity index (χ1v) is 26.3. The molecule has 0 amide bonds. The van der Waals surface area contributed by atoms with Crippen molar-refractivity contribution in [1.29, 1.82) is 0 Å². The van der Waals surface area contributed by atoms with E-state index in [2.05, 4.69) is 96.9 Å². The van der Waals surface area contributed by atoms with Crippen molar-refractivity contribution in [2.24, 2.45) is 0 Å². The standard InChI is InChI=1S/C31H66O3Si.C13H28O2Si/c1-9-10-11-12-13-14-15-16-17-18-19-20-21-22-23-24-25-33-26-31(8,32)27-34-35(28(2)3,29(4)5)30(6)7;1-10(2)16(11(3)4,12(5)6)15-9-13(7)8-14-13/h28-30,32H,9-27H2,1-8H3;10-12H,8-9H2,1-7H3/t31-;13-/m11/s1. The molecule has 1 heterocycles. The highest BCUT2D eigenvalue weighted by atomic mass is 28.4. The van der Waals surface area contributed by atoms with Gasteiger partial charge in [0.25, 0.3) is 0 Å². The van der Waals surface area contributed by atoms with Gasteiger partial charge in [0.1, 0.15) is 11.2 Å². The Labute approximate surface area is 323 Å². The average Bonchev–Trinajstić information content (AvgIpc) is 3.77. The number of aliphatic hydroxyl groups is 1. The first-order valence-electron chi connectivity index (χ1n) is 22.1. The Bertz CT molecular complexity index is 779. The van der Waals surface area contributed by atoms with Crippen LogP contribution in [0.25, 0.3) is 0 Å². The van der Waals surface area contributed by atoms with Gasteiger partial charge < -0.3 is 23.4 Å². The second kappa shape index (κ2) is 26.9. The van der Waals surface area contributed by atoms with Crippen LogP contribution in [0.4, 0.5) is 0 Å². The van der Waals surface area contributed by atoms with Gasteiger partial charge in [0.2, 0.25) is 0 Å². The molecule has 0 radical (unpaired) electrons. The molecule has 2 atom stereocenters. The average molecular weight is 759 g/mol. The highest BCUT2D eigenvalue weighted by Gasteiger charge is 2.49. The van der Waals surface area contributed by atoms with Gasteiger partial charge in [0.15, 0.2) is 16.6 Å². The molecule has 1 aliphatic heterocycles. The summed E-state index contributed by atoms with van der Waals surface area (Å²) in [7, 11) is -3.62. The van der Waals surface area contributed by atoms with Crippen molar-refractivity contribution in [3.05, 3.63) is 0 Å². The number of unbranched alkanes of at least 4 members (excludes halogenated alkanes) is 15. The van der Waals surface area contributed by atoms with Gasteiger partial charge in [-0.2, -0.15) is 0 Å². The van der Waals surface area contributed by atoms with Crippen molar-refractivity contribution in [1.82, 2.24) is 0 Å². The van der Waals surface area contributed by atoms with Crippen LogP contribution >= 0.6 is 0 Å². The Hall–Kier alpha value is 0.234. The van der Waals surface area contributed by atoms with Crippen LogP contribution in [-0.2, 0) is 18.3 Å². The summed E-state index contributed by atoms with van der Waals surface area (Å²) in [5, 5.41) is 10.8. The molecular formula is C44H94O5Si2. The molecular weight excluding hydrogens is 665 g/mol. The molecule has 1 rings (SSSR count). The first-order chi connectivity index (χ1) is 23.8. The maximum absolute atomic E-state index is 10.8. The summed E-state index contributed by atoms with van der Waals surface area (Å²) in [5.74, 6) is 0. The van der Waals surface area contributed by atoms with Gasteiger partial charge in [-0.15, -0.1) is 0 Å². The lowest BCUT2D eigenvalue weighted by Gasteiger charge is -2.43. The smallest absolute Gasteiger partial charge is 0.200 e. The lowest BCUT2D eigenvalue weighted by molar-refractivity contribution is -0.0629. The van der Waals surface area contributed by atoms with Crippen LogP contribution in [0.2, 0.25) is 33.2 Å². The minimum absolute atomic E-state index is 0.0247. The number of hydrogen-bond donors (Lipinski definition) is 1. The third-order valence-corrected chi connectivity index (χ3v) is 24.0. The third kappa shape index (κ3) is 20.1. The van der Waals surface area contributed by atoms with E-state index >= 15 is 0 Å². The van der Waals surface area contributed by atoms with Crippen molar-refractivity contribution < 1.29 is 23.4 Å². The molecule has 0 saturated carbocycles. The fourth-order valence-electron chi connectivity index (χ4n) is 8.85. The monoisotopic (exact) mass is 759 g/mol. The second-order valence-electron chi connectivity index (χ2n) is 18.8. The van der Waals surface area contributed by atoms with Gasteiger partial charge in [-0.3, -0.25) is 0 Å². The van der Waals surface area contributed by atoms with E-state index in [1.165, 1.54) is 96.3 Å². The summed E-state index contributed by atoms with van der Waals surface area (Å²) in [6, 6.07) is 0. The highest BCUT2D eigenvalue weighted by Crippen LogP contribution is 2.44. The van der Waals surface area contributed by atoms with E-state index in [0.717, 1.165) is 26.2 Å². The summed E-state index contributed by atoms with van der Waals surface area (Å²) in [5.41, 5.74) is 2.70. The van der Waals surface area contributed by atoms with Crippen molar-refractivity contribution in [3.8, 4) is 0 Å². The molecule has 0 bridgehead atoms. The van der Waals surface area contributed by atoms with Crippen LogP contribution in [0, 0.1) is 0 Å². The number of ether oxygens (including phenoxy) is 2. The van der Waals surface area contributed by atoms with Gasteiger partial charge in [-0.05, 0) is 53.5 Å². The molecule has 0 aromatic heterocycles. The van der Waals surface area contributed by atoms with E-state index in [0.29, 0.717) is 46.5 Å². The second-order valence-corrected chi connectivity index (χ2v) is 29.7. The molecule has 1 aliphatic rings. The Morgan fingerprint density at radius 2 is 0.863 bits per heavy atom. The predicted molar refractivity (Wildman–Crippen MR) is 229 cm³/mol. The lowest BCUT2D eigenvalue weighted by Crippen LogP contribution is -2.51. The van der Waals surface area contributed by atoms with Crippen molar-refractivity contribution >= 4 is 16.6 Å². The van der Waals surface area contributed by atoms with Crippen LogP contribution in [0.15, 0.2) is 0 Å². The maximum Gasteiger partial charge on any atom is 0.200 e. The molecule has 5 nitrogen and oxygen atoms in total. The van der Waals surface area contributed by atoms with E-state index in [4.69, 9.17) is 18.3 Å². The van der Waals surface area contributed by atoms with Crippen molar-refractivity contribution in [2.75, 3.05) is 33.0 Å². The predicted octanol–water partition coefficient (Wildman–Crippen LogP) is 14.2. The number of rotatable bonds is 31. The largest absolute Gasteiger partial charge is 0.413 e. The molecule has 308 valence electrons. The minimum atomic E-state index is -1.95. The van der Waals surface area contributed by atoms with E-state index < -0.39 is 22.2 Å². The zero-order valence-electron chi connectivity index (χ0n) is 37.4. The minimum Gasteiger partial charge on any atom is -0.413 e. The topological polar surface area (TPSA) is 60.5 Å². The Morgan fingerprint density at radius 3 is 1.18 bits per heavy atom. The fourth-order valence-corrected chi connectivity index (χ4v) is 20.0.